The van der Waals surface area contributed by atoms with Crippen LogP contribution in [0.25, 0.3) is 11.1 Å². The number of nitro groups is 1. The highest BCUT2D eigenvalue weighted by Gasteiger charge is 2.31. The van der Waals surface area contributed by atoms with Gasteiger partial charge in [-0.05, 0) is 33.9 Å². The zero-order valence-electron chi connectivity index (χ0n) is 20.0. The van der Waals surface area contributed by atoms with Crippen molar-refractivity contribution in [2.24, 2.45) is 0 Å². The lowest BCUT2D eigenvalue weighted by Gasteiger charge is -2.24. The summed E-state index contributed by atoms with van der Waals surface area (Å²) in [4.78, 5) is 35.2. The number of hydrogen-bond acceptors (Lipinski definition) is 6. The molecule has 0 atom stereocenters. The predicted molar refractivity (Wildman–Crippen MR) is 138 cm³/mol. The van der Waals surface area contributed by atoms with Crippen molar-refractivity contribution in [3.05, 3.63) is 112 Å². The molecule has 0 saturated carbocycles. The van der Waals surface area contributed by atoms with Crippen LogP contribution in [-0.2, 0) is 17.8 Å². The zero-order valence-corrected chi connectivity index (χ0v) is 20.0. The number of carbonyl (C=O) groups excluding carboxylic acids is 1. The van der Waals surface area contributed by atoms with E-state index in [2.05, 4.69) is 34.2 Å². The number of benzene rings is 3. The van der Waals surface area contributed by atoms with Gasteiger partial charge in [0.05, 0.1) is 30.0 Å². The first-order valence-electron chi connectivity index (χ1n) is 12.2. The van der Waals surface area contributed by atoms with E-state index in [0.717, 1.165) is 28.1 Å². The Hall–Kier alpha value is -4.66. The van der Waals surface area contributed by atoms with Crippen LogP contribution >= 0.6 is 0 Å². The van der Waals surface area contributed by atoms with E-state index in [-0.39, 0.29) is 18.2 Å². The molecule has 0 unspecified atom stereocenters. The van der Waals surface area contributed by atoms with Crippen molar-refractivity contribution in [3.63, 3.8) is 0 Å². The molecule has 0 bridgehead atoms. The number of aromatic amines is 1. The maximum Gasteiger partial charge on any atom is 0.410 e. The number of nitrogens with zero attached hydrogens (tertiary/aromatic N) is 4. The number of carbonyl (C=O) groups is 1. The average molecular weight is 496 g/mol. The number of imidazole rings is 1. The number of non-ortho nitro benzene ring substituents is 1. The number of H-pyrrole nitrogens is 1. The second-order valence-corrected chi connectivity index (χ2v) is 9.29. The highest BCUT2D eigenvalue weighted by Crippen LogP contribution is 2.44. The quantitative estimate of drug-likeness (QED) is 0.306. The van der Waals surface area contributed by atoms with Gasteiger partial charge in [0.2, 0.25) is 0 Å². The minimum Gasteiger partial charge on any atom is -0.448 e. The molecule has 37 heavy (non-hydrogen) atoms. The van der Waals surface area contributed by atoms with Gasteiger partial charge in [0, 0.05) is 43.0 Å². The number of rotatable bonds is 5. The van der Waals surface area contributed by atoms with Crippen LogP contribution in [0.1, 0.15) is 28.3 Å². The summed E-state index contributed by atoms with van der Waals surface area (Å²) in [6.07, 6.45) is 2.94. The van der Waals surface area contributed by atoms with Gasteiger partial charge in [-0.15, -0.1) is 0 Å². The fraction of sp³-hybridized carbons (Fsp3) is 0.214. The number of anilines is 1. The first kappa shape index (κ1) is 22.8. The number of fused-ring (bicyclic) bond motifs is 4. The Morgan fingerprint density at radius 1 is 1.05 bits per heavy atom. The maximum atomic E-state index is 13.3. The van der Waals surface area contributed by atoms with Gasteiger partial charge in [-0.3, -0.25) is 10.1 Å². The Labute approximate surface area is 213 Å². The molecule has 1 aromatic heterocycles. The van der Waals surface area contributed by atoms with Crippen LogP contribution in [0.2, 0.25) is 0 Å². The topological polar surface area (TPSA) is 105 Å². The molecule has 1 N–H and O–H groups in total. The summed E-state index contributed by atoms with van der Waals surface area (Å²) in [7, 11) is 0. The van der Waals surface area contributed by atoms with E-state index in [4.69, 9.17) is 4.74 Å². The lowest BCUT2D eigenvalue weighted by Crippen LogP contribution is -2.36. The van der Waals surface area contributed by atoms with Crippen molar-refractivity contribution < 1.29 is 14.5 Å². The number of nitrogens with one attached hydrogen (secondary N) is 1. The first-order valence-corrected chi connectivity index (χ1v) is 12.2. The Morgan fingerprint density at radius 3 is 2.46 bits per heavy atom. The summed E-state index contributed by atoms with van der Waals surface area (Å²) in [5.74, 6) is -0.0184. The SMILES string of the molecule is O=C(OCC1c2ccccc2-c2ccccc21)N1CCN(Cc2cnc[nH]2)c2cc([N+](=O)[O-])ccc2C1. The van der Waals surface area contributed by atoms with Crippen LogP contribution in [0, 0.1) is 10.1 Å². The van der Waals surface area contributed by atoms with Crippen molar-refractivity contribution >= 4 is 17.5 Å². The third-order valence-electron chi connectivity index (χ3n) is 7.13. The highest BCUT2D eigenvalue weighted by atomic mass is 16.6. The monoisotopic (exact) mass is 495 g/mol. The van der Waals surface area contributed by atoms with E-state index >= 15 is 0 Å². The van der Waals surface area contributed by atoms with Gasteiger partial charge in [0.1, 0.15) is 6.61 Å². The third kappa shape index (κ3) is 4.29. The molecule has 0 saturated heterocycles. The van der Waals surface area contributed by atoms with Gasteiger partial charge in [0.25, 0.3) is 5.69 Å². The van der Waals surface area contributed by atoms with Gasteiger partial charge in [-0.1, -0.05) is 48.5 Å². The minimum atomic E-state index is -0.400. The van der Waals surface area contributed by atoms with Gasteiger partial charge in [-0.2, -0.15) is 0 Å². The molecule has 2 aliphatic rings. The van der Waals surface area contributed by atoms with E-state index < -0.39 is 11.0 Å². The number of aromatic nitrogens is 2. The Morgan fingerprint density at radius 2 is 1.78 bits per heavy atom. The molecule has 4 aromatic rings. The summed E-state index contributed by atoms with van der Waals surface area (Å²) in [5, 5.41) is 11.4. The molecule has 0 fully saturated rings. The number of ether oxygens (including phenoxy) is 1. The van der Waals surface area contributed by atoms with E-state index in [1.165, 1.54) is 17.2 Å². The van der Waals surface area contributed by atoms with Crippen LogP contribution in [0.3, 0.4) is 0 Å². The third-order valence-corrected chi connectivity index (χ3v) is 7.13. The van der Waals surface area contributed by atoms with Crippen LogP contribution in [0.4, 0.5) is 16.2 Å². The van der Waals surface area contributed by atoms with E-state index in [9.17, 15) is 14.9 Å². The van der Waals surface area contributed by atoms with Crippen LogP contribution in [0.5, 0.6) is 0 Å². The summed E-state index contributed by atoms with van der Waals surface area (Å²) in [5.41, 5.74) is 7.15. The molecular weight excluding hydrogens is 470 g/mol. The Kier molecular flexibility index (Phi) is 5.80. The zero-order chi connectivity index (χ0) is 25.4. The molecule has 1 amide bonds. The molecule has 0 spiro atoms. The standard InChI is InChI=1S/C28H25N5O4/c34-28(37-17-26-24-7-3-1-5-22(24)23-6-2-4-8-25(23)26)32-12-11-31(16-20-14-29-18-30-20)27-13-21(33(35)36)10-9-19(27)15-32/h1-10,13-14,18,26H,11-12,15-17H2,(H,29,30). The van der Waals surface area contributed by atoms with Crippen molar-refractivity contribution in [1.29, 1.82) is 0 Å². The molecule has 6 rings (SSSR count). The normalized spacial score (nSPS) is 14.5. The van der Waals surface area contributed by atoms with Gasteiger partial charge < -0.3 is 19.5 Å². The van der Waals surface area contributed by atoms with E-state index in [1.807, 2.05) is 29.2 Å². The Bertz CT molecular complexity index is 1420. The lowest BCUT2D eigenvalue weighted by atomic mass is 9.98. The van der Waals surface area contributed by atoms with Crippen molar-refractivity contribution in [2.45, 2.75) is 19.0 Å². The van der Waals surface area contributed by atoms with Crippen molar-refractivity contribution in [1.82, 2.24) is 14.9 Å². The van der Waals surface area contributed by atoms with Crippen molar-refractivity contribution in [2.75, 3.05) is 24.6 Å². The summed E-state index contributed by atoms with van der Waals surface area (Å²) >= 11 is 0. The van der Waals surface area contributed by atoms with Gasteiger partial charge in [-0.25, -0.2) is 9.78 Å². The second kappa shape index (κ2) is 9.42. The number of amides is 1. The molecule has 1 aliphatic heterocycles. The molecule has 3 aromatic carbocycles. The first-order chi connectivity index (χ1) is 18.1. The van der Waals surface area contributed by atoms with Crippen LogP contribution in [-0.4, -0.2) is 45.6 Å². The van der Waals surface area contributed by atoms with Gasteiger partial charge in [0.15, 0.2) is 0 Å². The maximum absolute atomic E-state index is 13.3. The van der Waals surface area contributed by atoms with Crippen molar-refractivity contribution in [3.8, 4) is 11.1 Å². The fourth-order valence-corrected chi connectivity index (χ4v) is 5.32. The number of hydrogen-bond donors (Lipinski definition) is 1. The van der Waals surface area contributed by atoms with Gasteiger partial charge >= 0.3 is 6.09 Å². The molecule has 2 heterocycles. The smallest absolute Gasteiger partial charge is 0.410 e. The molecule has 1 aliphatic carbocycles. The second-order valence-electron chi connectivity index (χ2n) is 9.29. The Balaban J connectivity index is 1.22. The molecule has 186 valence electrons. The van der Waals surface area contributed by atoms with Crippen LogP contribution in [0.15, 0.2) is 79.3 Å². The average Bonchev–Trinajstić information content (AvgIpc) is 3.50. The predicted octanol–water partition coefficient (Wildman–Crippen LogP) is 5.09. The van der Waals surface area contributed by atoms with Crippen LogP contribution < -0.4 is 4.90 Å². The fourth-order valence-electron chi connectivity index (χ4n) is 5.32. The summed E-state index contributed by atoms with van der Waals surface area (Å²) in [6.45, 7) is 1.97. The lowest BCUT2D eigenvalue weighted by molar-refractivity contribution is -0.384. The summed E-state index contributed by atoms with van der Waals surface area (Å²) < 4.78 is 5.90. The largest absolute Gasteiger partial charge is 0.448 e. The highest BCUT2D eigenvalue weighted by molar-refractivity contribution is 5.79. The molecule has 9 heteroatoms. The molecule has 9 nitrogen and oxygen atoms in total. The minimum absolute atomic E-state index is 0.0166. The molecular formula is C28H25N5O4. The summed E-state index contributed by atoms with van der Waals surface area (Å²) in [6, 6.07) is 21.3. The number of nitro benzene ring substituents is 1. The van der Waals surface area contributed by atoms with E-state index in [1.54, 1.807) is 29.6 Å². The van der Waals surface area contributed by atoms with E-state index in [0.29, 0.717) is 26.2 Å². The molecule has 0 radical (unpaired) electrons.